The van der Waals surface area contributed by atoms with E-state index in [1.807, 2.05) is 26.0 Å². The summed E-state index contributed by atoms with van der Waals surface area (Å²) >= 11 is 0. The SMILES string of the molecule is CC(C)Oc1cc2nn(-c3cccn([C@H]4C[C@H]4F)c3=O)cc2cc1C(=O)NC1CCC(CN2CCN(c3ccc(C4CCC(=O)NC4=O)cn3)CC(O)C2)CC1. The molecule has 4 aliphatic rings. The Labute approximate surface area is 324 Å². The minimum atomic E-state index is -1.02. The number of halogens is 1. The predicted octanol–water partition coefficient (Wildman–Crippen LogP) is 3.64. The average Bonchev–Trinajstić information content (AvgIpc) is 3.80. The quantitative estimate of drug-likeness (QED) is 0.203. The van der Waals surface area contributed by atoms with Gasteiger partial charge in [0.05, 0.1) is 35.2 Å². The minimum absolute atomic E-state index is 0.00745. The van der Waals surface area contributed by atoms with Gasteiger partial charge in [-0.05, 0) is 81.7 Å². The topological polar surface area (TPSA) is 164 Å². The summed E-state index contributed by atoms with van der Waals surface area (Å²) in [5.41, 5.74) is 1.74. The molecule has 56 heavy (non-hydrogen) atoms. The van der Waals surface area contributed by atoms with Gasteiger partial charge in [-0.1, -0.05) is 6.07 Å². The van der Waals surface area contributed by atoms with E-state index in [1.165, 1.54) is 9.25 Å². The number of aliphatic hydroxyl groups excluding tert-OH is 1. The smallest absolute Gasteiger partial charge is 0.276 e. The number of nitrogens with zero attached hydrogens (tertiary/aromatic N) is 6. The van der Waals surface area contributed by atoms with Gasteiger partial charge >= 0.3 is 0 Å². The maximum absolute atomic E-state index is 13.8. The maximum atomic E-state index is 13.8. The normalized spacial score (nSPS) is 25.9. The zero-order chi connectivity index (χ0) is 39.1. The second kappa shape index (κ2) is 15.8. The first-order valence-corrected chi connectivity index (χ1v) is 19.8. The molecule has 3 aromatic heterocycles. The number of benzene rings is 1. The Kier molecular flexibility index (Phi) is 10.6. The number of piperidine rings is 1. The molecule has 1 aromatic carbocycles. The molecule has 2 aliphatic heterocycles. The molecular weight excluding hydrogens is 719 g/mol. The summed E-state index contributed by atoms with van der Waals surface area (Å²) in [6.07, 6.45) is 7.97. The lowest BCUT2D eigenvalue weighted by molar-refractivity contribution is -0.134. The standard InChI is InChI=1S/C41H49FN8O6/c1-24(2)56-36-18-33-27(21-50(46-33)34-4-3-13-49(41(34)55)35-17-32(35)42)16-31(36)40(54)44-28-8-5-25(6-9-28)20-47-14-15-48(23-29(51)22-47)37-11-7-26(19-43-37)30-10-12-38(52)45-39(30)53/h3-4,7,11,13,16,18-19,21,24-25,28-30,32,35,51H,5-6,8-10,12,14-15,17,20,22-23H2,1-2H3,(H,44,54)(H,45,52,53)/t25?,28?,29?,30?,32-,35+/m1/s1. The lowest BCUT2D eigenvalue weighted by atomic mass is 9.85. The van der Waals surface area contributed by atoms with E-state index in [1.54, 1.807) is 42.9 Å². The fourth-order valence-corrected chi connectivity index (χ4v) is 8.43. The van der Waals surface area contributed by atoms with E-state index in [0.717, 1.165) is 50.2 Å². The molecule has 4 atom stereocenters. The number of carbonyl (C=O) groups is 3. The van der Waals surface area contributed by atoms with Crippen molar-refractivity contribution in [1.82, 2.24) is 34.9 Å². The molecule has 0 spiro atoms. The molecule has 2 aliphatic carbocycles. The van der Waals surface area contributed by atoms with E-state index in [2.05, 4.69) is 30.5 Å². The van der Waals surface area contributed by atoms with Gasteiger partial charge in [0.15, 0.2) is 0 Å². The molecule has 2 unspecified atom stereocenters. The third kappa shape index (κ3) is 8.19. The number of amides is 3. The molecular formula is C41H49FN8O6. The van der Waals surface area contributed by atoms with E-state index in [4.69, 9.17) is 4.74 Å². The van der Waals surface area contributed by atoms with Crippen LogP contribution >= 0.6 is 0 Å². The number of fused-ring (bicyclic) bond motifs is 1. The highest BCUT2D eigenvalue weighted by molar-refractivity contribution is 6.01. The van der Waals surface area contributed by atoms with Crippen molar-refractivity contribution in [3.8, 4) is 11.4 Å². The Hall–Kier alpha value is -5.15. The molecule has 3 amide bonds. The van der Waals surface area contributed by atoms with Crippen LogP contribution in [0.3, 0.4) is 0 Å². The van der Waals surface area contributed by atoms with Crippen LogP contribution in [0.4, 0.5) is 10.2 Å². The molecule has 2 saturated carbocycles. The fourth-order valence-electron chi connectivity index (χ4n) is 8.43. The lowest BCUT2D eigenvalue weighted by Crippen LogP contribution is -2.41. The number of β-amino-alcohol motifs (C(OH)–C–C–N with tert-alkyl or cyclic N) is 1. The molecule has 296 valence electrons. The van der Waals surface area contributed by atoms with Crippen molar-refractivity contribution in [3.63, 3.8) is 0 Å². The Morgan fingerprint density at radius 1 is 1.07 bits per heavy atom. The Morgan fingerprint density at radius 3 is 2.59 bits per heavy atom. The number of pyridine rings is 2. The van der Waals surface area contributed by atoms with Crippen LogP contribution in [0, 0.1) is 5.92 Å². The second-order valence-electron chi connectivity index (χ2n) is 16.1. The molecule has 2 saturated heterocycles. The Bertz CT molecular complexity index is 2160. The zero-order valence-corrected chi connectivity index (χ0v) is 31.8. The first kappa shape index (κ1) is 37.8. The number of anilines is 1. The van der Waals surface area contributed by atoms with Crippen molar-refractivity contribution in [2.75, 3.05) is 37.6 Å². The summed E-state index contributed by atoms with van der Waals surface area (Å²) in [4.78, 5) is 59.9. The second-order valence-corrected chi connectivity index (χ2v) is 16.1. The van der Waals surface area contributed by atoms with Crippen LogP contribution in [0.15, 0.2) is 59.8 Å². The summed E-state index contributed by atoms with van der Waals surface area (Å²) in [5, 5.41) is 21.9. The summed E-state index contributed by atoms with van der Waals surface area (Å²) in [5.74, 6) is 0.472. The fraction of sp³-hybridized carbons (Fsp3) is 0.512. The van der Waals surface area contributed by atoms with Crippen molar-refractivity contribution in [2.24, 2.45) is 5.92 Å². The van der Waals surface area contributed by atoms with Crippen molar-refractivity contribution < 1.29 is 28.6 Å². The van der Waals surface area contributed by atoms with Crippen LogP contribution in [0.25, 0.3) is 16.6 Å². The molecule has 5 heterocycles. The number of nitrogens with one attached hydrogen (secondary N) is 2. The first-order valence-electron chi connectivity index (χ1n) is 19.8. The summed E-state index contributed by atoms with van der Waals surface area (Å²) < 4.78 is 22.8. The van der Waals surface area contributed by atoms with Gasteiger partial charge in [-0.15, -0.1) is 0 Å². The number of hydrogen-bond donors (Lipinski definition) is 3. The zero-order valence-electron chi connectivity index (χ0n) is 31.8. The molecule has 4 aromatic rings. The monoisotopic (exact) mass is 768 g/mol. The Morgan fingerprint density at radius 2 is 1.88 bits per heavy atom. The van der Waals surface area contributed by atoms with Crippen molar-refractivity contribution in [3.05, 3.63) is 76.5 Å². The summed E-state index contributed by atoms with van der Waals surface area (Å²) in [6, 6.07) is 10.2. The molecule has 3 N–H and O–H groups in total. The molecule has 8 rings (SSSR count). The van der Waals surface area contributed by atoms with Gasteiger partial charge in [0.25, 0.3) is 11.5 Å². The largest absolute Gasteiger partial charge is 0.490 e. The number of hydrogen-bond acceptors (Lipinski definition) is 10. The number of aromatic nitrogens is 4. The van der Waals surface area contributed by atoms with E-state index < -0.39 is 18.3 Å². The minimum Gasteiger partial charge on any atom is -0.490 e. The number of carbonyl (C=O) groups excluding carboxylic acids is 3. The van der Waals surface area contributed by atoms with Crippen LogP contribution < -0.4 is 25.8 Å². The third-order valence-electron chi connectivity index (χ3n) is 11.5. The third-order valence-corrected chi connectivity index (χ3v) is 11.5. The average molecular weight is 769 g/mol. The molecule has 15 heteroatoms. The predicted molar refractivity (Wildman–Crippen MR) is 207 cm³/mol. The van der Waals surface area contributed by atoms with Crippen LogP contribution in [0.2, 0.25) is 0 Å². The number of aliphatic hydroxyl groups is 1. The van der Waals surface area contributed by atoms with E-state index >= 15 is 0 Å². The van der Waals surface area contributed by atoms with Gasteiger partial charge in [-0.25, -0.2) is 14.1 Å². The van der Waals surface area contributed by atoms with E-state index in [9.17, 15) is 28.7 Å². The maximum Gasteiger partial charge on any atom is 0.276 e. The van der Waals surface area contributed by atoms with Gasteiger partial charge in [0.2, 0.25) is 11.8 Å². The molecule has 0 bridgehead atoms. The number of ether oxygens (including phenoxy) is 1. The van der Waals surface area contributed by atoms with Crippen LogP contribution in [-0.2, 0) is 9.59 Å². The van der Waals surface area contributed by atoms with E-state index in [-0.39, 0.29) is 41.3 Å². The summed E-state index contributed by atoms with van der Waals surface area (Å²) in [7, 11) is 0. The van der Waals surface area contributed by atoms with Crippen molar-refractivity contribution in [2.45, 2.75) is 95.2 Å². The lowest BCUT2D eigenvalue weighted by Gasteiger charge is -2.33. The summed E-state index contributed by atoms with van der Waals surface area (Å²) in [6.45, 7) is 7.17. The molecule has 0 radical (unpaired) electrons. The Balaban J connectivity index is 0.867. The van der Waals surface area contributed by atoms with E-state index in [0.29, 0.717) is 72.7 Å². The van der Waals surface area contributed by atoms with Crippen molar-refractivity contribution in [1.29, 1.82) is 0 Å². The number of rotatable bonds is 10. The highest BCUT2D eigenvalue weighted by Crippen LogP contribution is 2.38. The highest BCUT2D eigenvalue weighted by Gasteiger charge is 2.40. The highest BCUT2D eigenvalue weighted by atomic mass is 19.1. The first-order chi connectivity index (χ1) is 27.0. The van der Waals surface area contributed by atoms with Crippen LogP contribution in [0.1, 0.15) is 86.7 Å². The van der Waals surface area contributed by atoms with Gasteiger partial charge < -0.3 is 24.6 Å². The molecule has 4 fully saturated rings. The van der Waals surface area contributed by atoms with Gasteiger partial charge in [-0.3, -0.25) is 29.4 Å². The van der Waals surface area contributed by atoms with Gasteiger partial charge in [-0.2, -0.15) is 5.10 Å². The molecule has 14 nitrogen and oxygen atoms in total. The van der Waals surface area contributed by atoms with Crippen LogP contribution in [0.5, 0.6) is 5.75 Å². The van der Waals surface area contributed by atoms with Crippen LogP contribution in [-0.4, -0.2) is 104 Å². The van der Waals surface area contributed by atoms with Gasteiger partial charge in [0, 0.05) is 81.7 Å². The number of imide groups is 1. The van der Waals surface area contributed by atoms with Gasteiger partial charge in [0.1, 0.15) is 23.4 Å². The number of alkyl halides is 1. The van der Waals surface area contributed by atoms with Crippen molar-refractivity contribution >= 4 is 34.4 Å².